The first-order chi connectivity index (χ1) is 8.78. The molecule has 1 aromatic rings. The van der Waals surface area contributed by atoms with Crippen LogP contribution in [0.5, 0.6) is 0 Å². The molecule has 1 aromatic heterocycles. The monoisotopic (exact) mass is 250 g/mol. The fraction of sp³-hybridized carbons (Fsp3) is 0.733. The molecule has 0 unspecified atom stereocenters. The fourth-order valence-electron chi connectivity index (χ4n) is 2.44. The van der Waals surface area contributed by atoms with Gasteiger partial charge in [0.15, 0.2) is 0 Å². The minimum Gasteiger partial charge on any atom is -0.463 e. The Morgan fingerprint density at radius 2 is 2.11 bits per heavy atom. The van der Waals surface area contributed by atoms with E-state index in [-0.39, 0.29) is 0 Å². The smallest absolute Gasteiger partial charge is 0.118 e. The van der Waals surface area contributed by atoms with Crippen molar-refractivity contribution in [3.8, 4) is 0 Å². The third-order valence-electron chi connectivity index (χ3n) is 3.66. The third-order valence-corrected chi connectivity index (χ3v) is 3.66. The molecule has 1 heterocycles. The number of furan rings is 1. The lowest BCUT2D eigenvalue weighted by molar-refractivity contribution is 0.190. The second-order valence-electron chi connectivity index (χ2n) is 5.54. The SMILES string of the molecule is CCCNCc1ccc(CN(C)CC2CCC2)o1. The van der Waals surface area contributed by atoms with E-state index in [1.165, 1.54) is 25.8 Å². The molecule has 102 valence electrons. The molecule has 1 aliphatic carbocycles. The van der Waals surface area contributed by atoms with Crippen LogP contribution in [-0.4, -0.2) is 25.0 Å². The second kappa shape index (κ2) is 6.95. The number of nitrogens with one attached hydrogen (secondary N) is 1. The van der Waals surface area contributed by atoms with Crippen LogP contribution >= 0.6 is 0 Å². The normalized spacial score (nSPS) is 16.2. The maximum atomic E-state index is 5.83. The summed E-state index contributed by atoms with van der Waals surface area (Å²) < 4.78 is 5.83. The Kier molecular flexibility index (Phi) is 5.26. The zero-order chi connectivity index (χ0) is 12.8. The molecule has 1 saturated carbocycles. The molecule has 3 nitrogen and oxygen atoms in total. The van der Waals surface area contributed by atoms with Crippen molar-refractivity contribution >= 4 is 0 Å². The molecule has 0 amide bonds. The van der Waals surface area contributed by atoms with Crippen LogP contribution in [0.15, 0.2) is 16.5 Å². The van der Waals surface area contributed by atoms with Gasteiger partial charge in [-0.25, -0.2) is 0 Å². The minimum atomic E-state index is 0.847. The molecular weight excluding hydrogens is 224 g/mol. The van der Waals surface area contributed by atoms with E-state index in [9.17, 15) is 0 Å². The maximum absolute atomic E-state index is 5.83. The van der Waals surface area contributed by atoms with Crippen LogP contribution in [0.25, 0.3) is 0 Å². The summed E-state index contributed by atoms with van der Waals surface area (Å²) in [6.45, 7) is 6.22. The second-order valence-corrected chi connectivity index (χ2v) is 5.54. The largest absolute Gasteiger partial charge is 0.463 e. The molecule has 2 rings (SSSR count). The summed E-state index contributed by atoms with van der Waals surface area (Å²) in [6.07, 6.45) is 5.41. The van der Waals surface area contributed by atoms with Crippen molar-refractivity contribution in [3.05, 3.63) is 23.7 Å². The molecule has 0 aromatic carbocycles. The standard InChI is InChI=1S/C15H26N2O/c1-3-9-16-10-14-7-8-15(18-14)12-17(2)11-13-5-4-6-13/h7-8,13,16H,3-6,9-12H2,1-2H3. The summed E-state index contributed by atoms with van der Waals surface area (Å²) in [6, 6.07) is 4.20. The van der Waals surface area contributed by atoms with Gasteiger partial charge in [-0.2, -0.15) is 0 Å². The molecule has 1 aliphatic rings. The molecule has 1 N–H and O–H groups in total. The average Bonchev–Trinajstić information content (AvgIpc) is 2.72. The van der Waals surface area contributed by atoms with Crippen LogP contribution in [0.1, 0.15) is 44.1 Å². The number of nitrogens with zero attached hydrogens (tertiary/aromatic N) is 1. The lowest BCUT2D eigenvalue weighted by Gasteiger charge is -2.29. The van der Waals surface area contributed by atoms with Gasteiger partial charge in [-0.15, -0.1) is 0 Å². The molecule has 0 radical (unpaired) electrons. The van der Waals surface area contributed by atoms with Crippen molar-refractivity contribution in [1.29, 1.82) is 0 Å². The first-order valence-corrected chi connectivity index (χ1v) is 7.24. The predicted molar refractivity (Wildman–Crippen MR) is 74.4 cm³/mol. The van der Waals surface area contributed by atoms with Gasteiger partial charge < -0.3 is 9.73 Å². The van der Waals surface area contributed by atoms with Gasteiger partial charge in [0, 0.05) is 6.54 Å². The van der Waals surface area contributed by atoms with Gasteiger partial charge >= 0.3 is 0 Å². The van der Waals surface area contributed by atoms with E-state index in [1.807, 2.05) is 0 Å². The molecule has 18 heavy (non-hydrogen) atoms. The highest BCUT2D eigenvalue weighted by Crippen LogP contribution is 2.27. The Morgan fingerprint density at radius 1 is 1.33 bits per heavy atom. The summed E-state index contributed by atoms with van der Waals surface area (Å²) in [5.74, 6) is 3.07. The van der Waals surface area contributed by atoms with Crippen molar-refractivity contribution in [2.24, 2.45) is 5.92 Å². The molecule has 0 aliphatic heterocycles. The van der Waals surface area contributed by atoms with Crippen LogP contribution in [0.4, 0.5) is 0 Å². The average molecular weight is 250 g/mol. The highest BCUT2D eigenvalue weighted by Gasteiger charge is 2.19. The van der Waals surface area contributed by atoms with Gasteiger partial charge in [0.25, 0.3) is 0 Å². The molecule has 0 spiro atoms. The Bertz CT molecular complexity index is 344. The molecule has 1 fully saturated rings. The Morgan fingerprint density at radius 3 is 2.78 bits per heavy atom. The van der Waals surface area contributed by atoms with Gasteiger partial charge in [-0.3, -0.25) is 4.90 Å². The Hall–Kier alpha value is -0.800. The zero-order valence-electron chi connectivity index (χ0n) is 11.7. The van der Waals surface area contributed by atoms with Crippen molar-refractivity contribution in [2.75, 3.05) is 20.1 Å². The van der Waals surface area contributed by atoms with Crippen LogP contribution in [0.2, 0.25) is 0 Å². The predicted octanol–water partition coefficient (Wildman–Crippen LogP) is 3.01. The van der Waals surface area contributed by atoms with Crippen LogP contribution in [-0.2, 0) is 13.1 Å². The first kappa shape index (κ1) is 13.6. The summed E-state index contributed by atoms with van der Waals surface area (Å²) in [5.41, 5.74) is 0. The van der Waals surface area contributed by atoms with E-state index in [2.05, 4.69) is 36.3 Å². The third kappa shape index (κ3) is 4.14. The van der Waals surface area contributed by atoms with E-state index in [4.69, 9.17) is 4.42 Å². The Balaban J connectivity index is 1.71. The van der Waals surface area contributed by atoms with Gasteiger partial charge in [0.1, 0.15) is 11.5 Å². The Labute approximate surface area is 111 Å². The fourth-order valence-corrected chi connectivity index (χ4v) is 2.44. The number of rotatable bonds is 8. The van der Waals surface area contributed by atoms with Crippen molar-refractivity contribution in [2.45, 2.75) is 45.7 Å². The first-order valence-electron chi connectivity index (χ1n) is 7.24. The minimum absolute atomic E-state index is 0.847. The van der Waals surface area contributed by atoms with E-state index in [1.54, 1.807) is 0 Å². The molecule has 0 saturated heterocycles. The molecular formula is C15H26N2O. The highest BCUT2D eigenvalue weighted by molar-refractivity contribution is 5.07. The van der Waals surface area contributed by atoms with E-state index in [0.717, 1.165) is 43.5 Å². The highest BCUT2D eigenvalue weighted by atomic mass is 16.3. The van der Waals surface area contributed by atoms with Gasteiger partial charge in [-0.1, -0.05) is 13.3 Å². The van der Waals surface area contributed by atoms with Crippen molar-refractivity contribution in [3.63, 3.8) is 0 Å². The lowest BCUT2D eigenvalue weighted by Crippen LogP contribution is -2.28. The van der Waals surface area contributed by atoms with E-state index >= 15 is 0 Å². The van der Waals surface area contributed by atoms with Crippen LogP contribution < -0.4 is 5.32 Å². The van der Waals surface area contributed by atoms with Gasteiger partial charge in [0.05, 0.1) is 13.1 Å². The summed E-state index contributed by atoms with van der Waals surface area (Å²) >= 11 is 0. The lowest BCUT2D eigenvalue weighted by atomic mass is 9.85. The van der Waals surface area contributed by atoms with E-state index < -0.39 is 0 Å². The zero-order valence-corrected chi connectivity index (χ0v) is 11.7. The van der Waals surface area contributed by atoms with Crippen LogP contribution in [0.3, 0.4) is 0 Å². The number of hydrogen-bond acceptors (Lipinski definition) is 3. The quantitative estimate of drug-likeness (QED) is 0.719. The molecule has 3 heteroatoms. The molecule has 0 bridgehead atoms. The van der Waals surface area contributed by atoms with E-state index in [0.29, 0.717) is 0 Å². The summed E-state index contributed by atoms with van der Waals surface area (Å²) in [4.78, 5) is 2.38. The van der Waals surface area contributed by atoms with Crippen LogP contribution in [0, 0.1) is 5.92 Å². The summed E-state index contributed by atoms with van der Waals surface area (Å²) in [5, 5.41) is 3.36. The summed E-state index contributed by atoms with van der Waals surface area (Å²) in [7, 11) is 2.19. The van der Waals surface area contributed by atoms with Gasteiger partial charge in [0.2, 0.25) is 0 Å². The maximum Gasteiger partial charge on any atom is 0.118 e. The number of hydrogen-bond donors (Lipinski definition) is 1. The van der Waals surface area contributed by atoms with Crippen molar-refractivity contribution < 1.29 is 4.42 Å². The molecule has 0 atom stereocenters. The topological polar surface area (TPSA) is 28.4 Å². The van der Waals surface area contributed by atoms with Crippen molar-refractivity contribution in [1.82, 2.24) is 10.2 Å². The van der Waals surface area contributed by atoms with Gasteiger partial charge in [-0.05, 0) is 50.9 Å².